The largest absolute Gasteiger partial charge is 0.416 e. The molecule has 0 radical (unpaired) electrons. The van der Waals surface area contributed by atoms with Gasteiger partial charge in [0, 0.05) is 18.8 Å². The first-order chi connectivity index (χ1) is 12.8. The molecule has 0 unspecified atom stereocenters. The van der Waals surface area contributed by atoms with Crippen molar-refractivity contribution >= 4 is 0 Å². The first-order valence-electron chi connectivity index (χ1n) is 7.93. The van der Waals surface area contributed by atoms with Crippen molar-refractivity contribution in [2.45, 2.75) is 25.9 Å². The van der Waals surface area contributed by atoms with Crippen LogP contribution in [0.2, 0.25) is 0 Å². The summed E-state index contributed by atoms with van der Waals surface area (Å²) in [6.07, 6.45) is -2.02. The summed E-state index contributed by atoms with van der Waals surface area (Å²) in [5, 5.41) is 12.2. The van der Waals surface area contributed by atoms with Crippen LogP contribution in [0.4, 0.5) is 17.6 Å². The number of rotatable bonds is 7. The molecular weight excluding hydrogens is 368 g/mol. The highest BCUT2D eigenvalue weighted by molar-refractivity contribution is 5.59. The first kappa shape index (κ1) is 19.0. The topological polar surface area (TPSA) is 66.0 Å². The number of hydrogen-bond donors (Lipinski definition) is 0. The highest BCUT2D eigenvalue weighted by atomic mass is 19.3. The van der Waals surface area contributed by atoms with E-state index in [0.29, 0.717) is 22.6 Å². The molecule has 0 N–H and O–H groups in total. The van der Waals surface area contributed by atoms with E-state index >= 15 is 0 Å². The van der Waals surface area contributed by atoms with Crippen LogP contribution in [0.15, 0.2) is 34.9 Å². The minimum atomic E-state index is -4.18. The van der Waals surface area contributed by atoms with Gasteiger partial charge in [0.1, 0.15) is 6.61 Å². The number of nitrogens with zero attached hydrogens (tertiary/aromatic N) is 4. The molecule has 0 aliphatic carbocycles. The van der Waals surface area contributed by atoms with Crippen LogP contribution in [0.25, 0.3) is 22.9 Å². The molecule has 1 aromatic carbocycles. The van der Waals surface area contributed by atoms with Crippen molar-refractivity contribution in [2.24, 2.45) is 7.05 Å². The van der Waals surface area contributed by atoms with Crippen molar-refractivity contribution in [3.8, 4) is 22.9 Å². The third-order valence-electron chi connectivity index (χ3n) is 3.73. The van der Waals surface area contributed by atoms with E-state index in [1.807, 2.05) is 6.92 Å². The van der Waals surface area contributed by atoms with Gasteiger partial charge in [-0.1, -0.05) is 12.1 Å². The number of aromatic nitrogens is 4. The van der Waals surface area contributed by atoms with E-state index in [-0.39, 0.29) is 12.5 Å². The number of hydrogen-bond acceptors (Lipinski definition) is 5. The Kier molecular flexibility index (Phi) is 5.26. The second kappa shape index (κ2) is 7.47. The lowest BCUT2D eigenvalue weighted by molar-refractivity contribution is -0.168. The lowest BCUT2D eigenvalue weighted by Crippen LogP contribution is -2.32. The van der Waals surface area contributed by atoms with E-state index in [0.717, 1.165) is 5.69 Å². The van der Waals surface area contributed by atoms with Gasteiger partial charge in [-0.05, 0) is 24.6 Å². The Bertz CT molecular complexity index is 923. The van der Waals surface area contributed by atoms with Gasteiger partial charge in [-0.2, -0.15) is 13.9 Å². The van der Waals surface area contributed by atoms with Gasteiger partial charge in [0.25, 0.3) is 5.89 Å². The predicted molar refractivity (Wildman–Crippen MR) is 87.3 cm³/mol. The maximum atomic E-state index is 12.9. The zero-order chi connectivity index (χ0) is 19.6. The Balaban J connectivity index is 1.72. The molecule has 10 heteroatoms. The fourth-order valence-corrected chi connectivity index (χ4v) is 2.42. The summed E-state index contributed by atoms with van der Waals surface area (Å²) in [4.78, 5) is 0. The molecule has 3 rings (SSSR count). The summed E-state index contributed by atoms with van der Waals surface area (Å²) in [6.45, 7) is 0.199. The molecule has 0 fully saturated rings. The monoisotopic (exact) mass is 384 g/mol. The van der Waals surface area contributed by atoms with E-state index < -0.39 is 19.0 Å². The molecule has 6 nitrogen and oxygen atoms in total. The van der Waals surface area contributed by atoms with E-state index in [9.17, 15) is 17.6 Å². The van der Waals surface area contributed by atoms with Gasteiger partial charge in [-0.15, -0.1) is 10.2 Å². The second-order valence-corrected chi connectivity index (χ2v) is 5.97. The normalized spacial score (nSPS) is 12.1. The van der Waals surface area contributed by atoms with Crippen LogP contribution >= 0.6 is 0 Å². The van der Waals surface area contributed by atoms with Crippen molar-refractivity contribution in [3.05, 3.63) is 41.7 Å². The second-order valence-electron chi connectivity index (χ2n) is 5.97. The van der Waals surface area contributed by atoms with Crippen molar-refractivity contribution in [1.29, 1.82) is 0 Å². The standard InChI is InChI=1S/C17H16F4N4O2/c1-10-13(7-25(2)24-10)15-23-22-14(27-15)12-5-3-4-11(6-12)8-26-9-17(20,21)16(18)19/h3-7,16H,8-9H2,1-2H3. The number of ether oxygens (including phenoxy) is 1. The Morgan fingerprint density at radius 2 is 1.96 bits per heavy atom. The highest BCUT2D eigenvalue weighted by Gasteiger charge is 2.40. The van der Waals surface area contributed by atoms with Gasteiger partial charge in [-0.25, -0.2) is 8.78 Å². The number of benzene rings is 1. The number of aryl methyl sites for hydroxylation is 2. The summed E-state index contributed by atoms with van der Waals surface area (Å²) < 4.78 is 62.0. The van der Waals surface area contributed by atoms with E-state index in [1.54, 1.807) is 42.2 Å². The molecule has 0 saturated carbocycles. The lowest BCUT2D eigenvalue weighted by Gasteiger charge is -2.15. The molecule has 0 bridgehead atoms. The van der Waals surface area contributed by atoms with Crippen LogP contribution in [0.5, 0.6) is 0 Å². The molecule has 2 heterocycles. The molecule has 0 aliphatic heterocycles. The zero-order valence-corrected chi connectivity index (χ0v) is 14.5. The highest BCUT2D eigenvalue weighted by Crippen LogP contribution is 2.27. The molecular formula is C17H16F4N4O2. The quantitative estimate of drug-likeness (QED) is 0.579. The maximum Gasteiger partial charge on any atom is 0.330 e. The van der Waals surface area contributed by atoms with Crippen LogP contribution < -0.4 is 0 Å². The van der Waals surface area contributed by atoms with Crippen molar-refractivity contribution in [3.63, 3.8) is 0 Å². The van der Waals surface area contributed by atoms with Gasteiger partial charge in [0.2, 0.25) is 5.89 Å². The number of alkyl halides is 4. The summed E-state index contributed by atoms with van der Waals surface area (Å²) in [7, 11) is 1.77. The maximum absolute atomic E-state index is 12.9. The van der Waals surface area contributed by atoms with Crippen LogP contribution in [0, 0.1) is 6.92 Å². The zero-order valence-electron chi connectivity index (χ0n) is 14.5. The molecule has 144 valence electrons. The Labute approximate surface area is 151 Å². The average molecular weight is 384 g/mol. The third kappa shape index (κ3) is 4.33. The minimum Gasteiger partial charge on any atom is -0.416 e. The van der Waals surface area contributed by atoms with Crippen molar-refractivity contribution < 1.29 is 26.7 Å². The molecule has 0 amide bonds. The van der Waals surface area contributed by atoms with Crippen LogP contribution in [-0.2, 0) is 18.4 Å². The van der Waals surface area contributed by atoms with Crippen LogP contribution in [0.1, 0.15) is 11.3 Å². The Morgan fingerprint density at radius 1 is 1.22 bits per heavy atom. The minimum absolute atomic E-state index is 0.230. The van der Waals surface area contributed by atoms with Crippen LogP contribution in [0.3, 0.4) is 0 Å². The predicted octanol–water partition coefficient (Wildman–Crippen LogP) is 3.86. The fraction of sp³-hybridized carbons (Fsp3) is 0.353. The van der Waals surface area contributed by atoms with Crippen LogP contribution in [-0.4, -0.2) is 38.9 Å². The van der Waals surface area contributed by atoms with E-state index in [1.165, 1.54) is 0 Å². The summed E-state index contributed by atoms with van der Waals surface area (Å²) in [6, 6.07) is 6.57. The third-order valence-corrected chi connectivity index (χ3v) is 3.73. The van der Waals surface area contributed by atoms with Gasteiger partial charge in [-0.3, -0.25) is 4.68 Å². The van der Waals surface area contributed by atoms with Gasteiger partial charge in [0.05, 0.1) is 17.9 Å². The molecule has 3 aromatic rings. The molecule has 0 aliphatic rings. The summed E-state index contributed by atoms with van der Waals surface area (Å²) in [5.74, 6) is -3.65. The molecule has 0 saturated heterocycles. The number of halogens is 4. The van der Waals surface area contributed by atoms with Gasteiger partial charge in [0.15, 0.2) is 0 Å². The fourth-order valence-electron chi connectivity index (χ4n) is 2.42. The molecule has 0 atom stereocenters. The van der Waals surface area contributed by atoms with E-state index in [2.05, 4.69) is 15.3 Å². The van der Waals surface area contributed by atoms with E-state index in [4.69, 9.17) is 9.15 Å². The Morgan fingerprint density at radius 3 is 2.63 bits per heavy atom. The average Bonchev–Trinajstić information content (AvgIpc) is 3.21. The van der Waals surface area contributed by atoms with Gasteiger partial charge >= 0.3 is 12.3 Å². The van der Waals surface area contributed by atoms with Gasteiger partial charge < -0.3 is 9.15 Å². The lowest BCUT2D eigenvalue weighted by atomic mass is 10.1. The van der Waals surface area contributed by atoms with Crippen molar-refractivity contribution in [2.75, 3.05) is 6.61 Å². The van der Waals surface area contributed by atoms with Crippen molar-refractivity contribution in [1.82, 2.24) is 20.0 Å². The molecule has 2 aromatic heterocycles. The first-order valence-corrected chi connectivity index (χ1v) is 7.93. The smallest absolute Gasteiger partial charge is 0.330 e. The summed E-state index contributed by atoms with van der Waals surface area (Å²) in [5.41, 5.74) is 2.49. The summed E-state index contributed by atoms with van der Waals surface area (Å²) >= 11 is 0. The Hall–Kier alpha value is -2.75. The SMILES string of the molecule is Cc1nn(C)cc1-c1nnc(-c2cccc(COCC(F)(F)C(F)F)c2)o1. The molecule has 0 spiro atoms. The molecule has 27 heavy (non-hydrogen) atoms.